The molecule has 0 radical (unpaired) electrons. The third-order valence-electron chi connectivity index (χ3n) is 2.72. The van der Waals surface area contributed by atoms with Crippen LogP contribution in [0.3, 0.4) is 0 Å². The van der Waals surface area contributed by atoms with E-state index in [1.807, 2.05) is 0 Å². The predicted molar refractivity (Wildman–Crippen MR) is 51.1 cm³/mol. The van der Waals surface area contributed by atoms with Crippen molar-refractivity contribution in [3.63, 3.8) is 0 Å². The minimum Gasteiger partial charge on any atom is -0.406 e. The molecule has 1 saturated carbocycles. The number of benzene rings is 1. The second kappa shape index (κ2) is 3.38. The summed E-state index contributed by atoms with van der Waals surface area (Å²) in [5.74, 6) is -0.219. The number of ether oxygens (including phenoxy) is 1. The fourth-order valence-electron chi connectivity index (χ4n) is 1.73. The van der Waals surface area contributed by atoms with E-state index in [0.717, 1.165) is 5.56 Å². The fourth-order valence-corrected chi connectivity index (χ4v) is 1.73. The number of aliphatic hydroxyl groups is 1. The van der Waals surface area contributed by atoms with E-state index in [9.17, 15) is 18.3 Å². The van der Waals surface area contributed by atoms with Crippen LogP contribution >= 0.6 is 0 Å². The first-order chi connectivity index (χ1) is 7.28. The molecule has 2 unspecified atom stereocenters. The maximum Gasteiger partial charge on any atom is 0.573 e. The number of alkyl halides is 3. The van der Waals surface area contributed by atoms with Crippen LogP contribution < -0.4 is 4.74 Å². The summed E-state index contributed by atoms with van der Waals surface area (Å²) in [5.41, 5.74) is 0.117. The highest BCUT2D eigenvalue weighted by Crippen LogP contribution is 2.51. The summed E-state index contributed by atoms with van der Waals surface area (Å²) in [7, 11) is 0. The van der Waals surface area contributed by atoms with Crippen molar-refractivity contribution in [2.24, 2.45) is 0 Å². The average Bonchev–Trinajstić information content (AvgIpc) is 2.73. The monoisotopic (exact) mass is 232 g/mol. The largest absolute Gasteiger partial charge is 0.573 e. The summed E-state index contributed by atoms with van der Waals surface area (Å²) in [6.07, 6.45) is -4.01. The van der Waals surface area contributed by atoms with Crippen molar-refractivity contribution in [1.29, 1.82) is 0 Å². The maximum absolute atomic E-state index is 11.9. The summed E-state index contributed by atoms with van der Waals surface area (Å²) in [5, 5.41) is 9.59. The van der Waals surface area contributed by atoms with Gasteiger partial charge in [-0.15, -0.1) is 13.2 Å². The second-order valence-electron chi connectivity index (χ2n) is 4.23. The number of rotatable bonds is 2. The van der Waals surface area contributed by atoms with Gasteiger partial charge in [-0.3, -0.25) is 0 Å². The third kappa shape index (κ3) is 2.47. The first-order valence-corrected chi connectivity index (χ1v) is 4.86. The zero-order valence-corrected chi connectivity index (χ0v) is 8.58. The van der Waals surface area contributed by atoms with Crippen LogP contribution in [-0.2, 0) is 0 Å². The van der Waals surface area contributed by atoms with E-state index in [1.54, 1.807) is 19.1 Å². The molecule has 2 atom stereocenters. The molecule has 1 aromatic carbocycles. The van der Waals surface area contributed by atoms with Gasteiger partial charge in [0.2, 0.25) is 0 Å². The molecule has 2 rings (SSSR count). The van der Waals surface area contributed by atoms with Crippen molar-refractivity contribution in [2.45, 2.75) is 31.2 Å². The van der Waals surface area contributed by atoms with Crippen molar-refractivity contribution < 1.29 is 23.0 Å². The van der Waals surface area contributed by atoms with Gasteiger partial charge in [0.05, 0.1) is 5.60 Å². The van der Waals surface area contributed by atoms with Gasteiger partial charge in [-0.1, -0.05) is 12.1 Å². The van der Waals surface area contributed by atoms with Crippen LogP contribution in [0.1, 0.15) is 24.8 Å². The topological polar surface area (TPSA) is 29.5 Å². The average molecular weight is 232 g/mol. The minimum atomic E-state index is -4.66. The van der Waals surface area contributed by atoms with E-state index in [1.165, 1.54) is 12.1 Å². The van der Waals surface area contributed by atoms with Crippen molar-refractivity contribution >= 4 is 0 Å². The lowest BCUT2D eigenvalue weighted by atomic mass is 10.1. The maximum atomic E-state index is 11.9. The minimum absolute atomic E-state index is 0.0208. The molecule has 0 aromatic heterocycles. The highest BCUT2D eigenvalue weighted by Gasteiger charge is 2.49. The Balaban J connectivity index is 2.06. The quantitative estimate of drug-likeness (QED) is 0.849. The van der Waals surface area contributed by atoms with Gasteiger partial charge < -0.3 is 9.84 Å². The van der Waals surface area contributed by atoms with E-state index < -0.39 is 12.0 Å². The van der Waals surface area contributed by atoms with Crippen LogP contribution in [0.15, 0.2) is 24.3 Å². The summed E-state index contributed by atoms with van der Waals surface area (Å²) in [6, 6.07) is 5.62. The van der Waals surface area contributed by atoms with Crippen LogP contribution in [0.5, 0.6) is 5.75 Å². The lowest BCUT2D eigenvalue weighted by Crippen LogP contribution is -2.17. The van der Waals surface area contributed by atoms with E-state index >= 15 is 0 Å². The molecule has 0 saturated heterocycles. The molecule has 1 aliphatic rings. The number of halogens is 3. The Hall–Kier alpha value is -1.23. The lowest BCUT2D eigenvalue weighted by Gasteiger charge is -2.09. The normalized spacial score (nSPS) is 28.9. The van der Waals surface area contributed by atoms with Gasteiger partial charge in [0.1, 0.15) is 5.75 Å². The SMILES string of the molecule is CC1(O)CC1c1ccc(OC(F)(F)F)cc1. The molecule has 1 fully saturated rings. The van der Waals surface area contributed by atoms with E-state index in [-0.39, 0.29) is 11.7 Å². The van der Waals surface area contributed by atoms with Crippen molar-refractivity contribution in [2.75, 3.05) is 0 Å². The van der Waals surface area contributed by atoms with Crippen molar-refractivity contribution in [3.05, 3.63) is 29.8 Å². The fraction of sp³-hybridized carbons (Fsp3) is 0.455. The summed E-state index contributed by atoms with van der Waals surface area (Å²) >= 11 is 0. The molecule has 2 nitrogen and oxygen atoms in total. The molecule has 0 heterocycles. The molecular formula is C11H11F3O2. The van der Waals surface area contributed by atoms with Gasteiger partial charge in [0.25, 0.3) is 0 Å². The number of hydrogen-bond acceptors (Lipinski definition) is 2. The van der Waals surface area contributed by atoms with Crippen LogP contribution in [0.2, 0.25) is 0 Å². The highest BCUT2D eigenvalue weighted by atomic mass is 19.4. The van der Waals surface area contributed by atoms with Crippen LogP contribution in [-0.4, -0.2) is 17.1 Å². The first kappa shape index (κ1) is 11.3. The van der Waals surface area contributed by atoms with Crippen LogP contribution in [0.25, 0.3) is 0 Å². The smallest absolute Gasteiger partial charge is 0.406 e. The van der Waals surface area contributed by atoms with Gasteiger partial charge in [-0.25, -0.2) is 0 Å². The summed E-state index contributed by atoms with van der Waals surface area (Å²) in [6.45, 7) is 1.71. The van der Waals surface area contributed by atoms with Crippen molar-refractivity contribution in [1.82, 2.24) is 0 Å². The Labute approximate surface area is 90.7 Å². The van der Waals surface area contributed by atoms with Gasteiger partial charge >= 0.3 is 6.36 Å². The predicted octanol–water partition coefficient (Wildman–Crippen LogP) is 2.82. The molecule has 0 amide bonds. The summed E-state index contributed by atoms with van der Waals surface area (Å²) < 4.78 is 39.4. The molecule has 1 aliphatic carbocycles. The zero-order valence-electron chi connectivity index (χ0n) is 8.58. The van der Waals surface area contributed by atoms with Gasteiger partial charge in [0, 0.05) is 5.92 Å². The molecule has 0 bridgehead atoms. The first-order valence-electron chi connectivity index (χ1n) is 4.86. The standard InChI is InChI=1S/C11H11F3O2/c1-10(15)6-9(10)7-2-4-8(5-3-7)16-11(12,13)14/h2-5,9,15H,6H2,1H3. The Morgan fingerprint density at radius 2 is 1.81 bits per heavy atom. The van der Waals surface area contributed by atoms with E-state index in [2.05, 4.69) is 4.74 Å². The van der Waals surface area contributed by atoms with Gasteiger partial charge in [-0.05, 0) is 31.0 Å². The van der Waals surface area contributed by atoms with Crippen molar-refractivity contribution in [3.8, 4) is 5.75 Å². The Morgan fingerprint density at radius 3 is 2.19 bits per heavy atom. The third-order valence-corrected chi connectivity index (χ3v) is 2.72. The molecule has 0 aliphatic heterocycles. The highest BCUT2D eigenvalue weighted by molar-refractivity contribution is 5.35. The molecule has 1 aromatic rings. The number of hydrogen-bond donors (Lipinski definition) is 1. The van der Waals surface area contributed by atoms with Gasteiger partial charge in [0.15, 0.2) is 0 Å². The Kier molecular flexibility index (Phi) is 2.38. The Morgan fingerprint density at radius 1 is 1.31 bits per heavy atom. The molecule has 88 valence electrons. The van der Waals surface area contributed by atoms with Crippen LogP contribution in [0.4, 0.5) is 13.2 Å². The van der Waals surface area contributed by atoms with Crippen LogP contribution in [0, 0.1) is 0 Å². The van der Waals surface area contributed by atoms with E-state index in [0.29, 0.717) is 6.42 Å². The second-order valence-corrected chi connectivity index (χ2v) is 4.23. The lowest BCUT2D eigenvalue weighted by molar-refractivity contribution is -0.274. The molecular weight excluding hydrogens is 221 g/mol. The zero-order chi connectivity index (χ0) is 12.0. The molecule has 1 N–H and O–H groups in total. The van der Waals surface area contributed by atoms with E-state index in [4.69, 9.17) is 0 Å². The Bertz CT molecular complexity index is 381. The molecule has 5 heteroatoms. The molecule has 0 spiro atoms. The molecule has 16 heavy (non-hydrogen) atoms. The van der Waals surface area contributed by atoms with Gasteiger partial charge in [-0.2, -0.15) is 0 Å². The summed E-state index contributed by atoms with van der Waals surface area (Å²) in [4.78, 5) is 0.